The Hall–Kier alpha value is -2.71. The molecular weight excluding hydrogens is 400 g/mol. The van der Waals surface area contributed by atoms with Gasteiger partial charge in [-0.05, 0) is 18.6 Å². The molecule has 0 bridgehead atoms. The molecule has 2 aromatic rings. The molecule has 3 heterocycles. The lowest BCUT2D eigenvalue weighted by Crippen LogP contribution is -2.53. The van der Waals surface area contributed by atoms with E-state index in [0.717, 1.165) is 90.4 Å². The summed E-state index contributed by atoms with van der Waals surface area (Å²) in [5.41, 5.74) is 1.40. The zero-order chi connectivity index (χ0) is 22.0. The van der Waals surface area contributed by atoms with Crippen LogP contribution in [0.15, 0.2) is 53.8 Å². The second-order valence-electron chi connectivity index (χ2n) is 8.36. The molecule has 2 saturated heterocycles. The van der Waals surface area contributed by atoms with E-state index in [1.807, 2.05) is 18.5 Å². The van der Waals surface area contributed by atoms with E-state index < -0.39 is 0 Å². The molecule has 1 aromatic heterocycles. The SMILES string of the molecule is CCNC(=NCCN1CCN(Cc2ccccc2)CC1)N1CCN(c2ncccn2)CC1. The molecule has 8 nitrogen and oxygen atoms in total. The van der Waals surface area contributed by atoms with Crippen LogP contribution in [0.25, 0.3) is 0 Å². The van der Waals surface area contributed by atoms with E-state index in [2.05, 4.69) is 72.1 Å². The minimum absolute atomic E-state index is 0.820. The fourth-order valence-corrected chi connectivity index (χ4v) is 4.31. The Balaban J connectivity index is 1.20. The number of nitrogens with one attached hydrogen (secondary N) is 1. The Kier molecular flexibility index (Phi) is 8.28. The second-order valence-corrected chi connectivity index (χ2v) is 8.36. The third-order valence-corrected chi connectivity index (χ3v) is 6.14. The van der Waals surface area contributed by atoms with Crippen molar-refractivity contribution in [3.05, 3.63) is 54.4 Å². The van der Waals surface area contributed by atoms with Crippen molar-refractivity contribution in [3.8, 4) is 0 Å². The highest BCUT2D eigenvalue weighted by molar-refractivity contribution is 5.80. The van der Waals surface area contributed by atoms with E-state index >= 15 is 0 Å². The molecule has 2 aliphatic rings. The van der Waals surface area contributed by atoms with Gasteiger partial charge < -0.3 is 15.1 Å². The van der Waals surface area contributed by atoms with Gasteiger partial charge in [0.25, 0.3) is 0 Å². The van der Waals surface area contributed by atoms with E-state index in [4.69, 9.17) is 4.99 Å². The van der Waals surface area contributed by atoms with Crippen LogP contribution in [0, 0.1) is 0 Å². The molecule has 4 rings (SSSR count). The Morgan fingerprint density at radius 1 is 0.875 bits per heavy atom. The van der Waals surface area contributed by atoms with Gasteiger partial charge in [0.15, 0.2) is 5.96 Å². The van der Waals surface area contributed by atoms with Gasteiger partial charge in [0.1, 0.15) is 0 Å². The van der Waals surface area contributed by atoms with Crippen molar-refractivity contribution in [3.63, 3.8) is 0 Å². The lowest BCUT2D eigenvalue weighted by Gasteiger charge is -2.37. The van der Waals surface area contributed by atoms with Crippen LogP contribution in [-0.4, -0.2) is 103 Å². The summed E-state index contributed by atoms with van der Waals surface area (Å²) in [5, 5.41) is 3.48. The Morgan fingerprint density at radius 3 is 2.25 bits per heavy atom. The maximum absolute atomic E-state index is 4.94. The zero-order valence-corrected chi connectivity index (χ0v) is 19.2. The molecule has 0 spiro atoms. The average molecular weight is 437 g/mol. The van der Waals surface area contributed by atoms with Crippen LogP contribution in [0.2, 0.25) is 0 Å². The number of rotatable bonds is 7. The van der Waals surface area contributed by atoms with Gasteiger partial charge in [0.2, 0.25) is 5.95 Å². The predicted octanol–water partition coefficient (Wildman–Crippen LogP) is 1.38. The third-order valence-electron chi connectivity index (χ3n) is 6.14. The fourth-order valence-electron chi connectivity index (χ4n) is 4.31. The molecule has 172 valence electrons. The number of piperazine rings is 2. The van der Waals surface area contributed by atoms with Crippen LogP contribution < -0.4 is 10.2 Å². The summed E-state index contributed by atoms with van der Waals surface area (Å²) in [4.78, 5) is 23.4. The first-order chi connectivity index (χ1) is 15.8. The molecule has 0 saturated carbocycles. The Labute approximate surface area is 192 Å². The molecule has 2 aliphatic heterocycles. The van der Waals surface area contributed by atoms with Gasteiger partial charge in [-0.25, -0.2) is 9.97 Å². The molecule has 0 aliphatic carbocycles. The zero-order valence-electron chi connectivity index (χ0n) is 19.2. The van der Waals surface area contributed by atoms with Gasteiger partial charge in [0.05, 0.1) is 6.54 Å². The van der Waals surface area contributed by atoms with E-state index in [1.54, 1.807) is 0 Å². The number of anilines is 1. The van der Waals surface area contributed by atoms with Crippen LogP contribution in [0.4, 0.5) is 5.95 Å². The van der Waals surface area contributed by atoms with Crippen LogP contribution >= 0.6 is 0 Å². The summed E-state index contributed by atoms with van der Waals surface area (Å²) in [7, 11) is 0. The fraction of sp³-hybridized carbons (Fsp3) is 0.542. The average Bonchev–Trinajstić information content (AvgIpc) is 2.86. The van der Waals surface area contributed by atoms with Crippen LogP contribution in [0.5, 0.6) is 0 Å². The minimum atomic E-state index is 0.820. The van der Waals surface area contributed by atoms with Crippen molar-refractivity contribution < 1.29 is 0 Å². The quantitative estimate of drug-likeness (QED) is 0.520. The molecular formula is C24H36N8. The number of aromatic nitrogens is 2. The number of benzene rings is 1. The molecule has 2 fully saturated rings. The van der Waals surface area contributed by atoms with E-state index in [0.29, 0.717) is 0 Å². The maximum Gasteiger partial charge on any atom is 0.225 e. The summed E-state index contributed by atoms with van der Waals surface area (Å²) in [6.45, 7) is 14.1. The van der Waals surface area contributed by atoms with Crippen molar-refractivity contribution in [1.29, 1.82) is 0 Å². The summed E-state index contributed by atoms with van der Waals surface area (Å²) in [6, 6.07) is 12.6. The van der Waals surface area contributed by atoms with E-state index in [-0.39, 0.29) is 0 Å². The number of hydrogen-bond acceptors (Lipinski definition) is 6. The van der Waals surface area contributed by atoms with Crippen molar-refractivity contribution in [1.82, 2.24) is 30.0 Å². The van der Waals surface area contributed by atoms with Crippen molar-refractivity contribution >= 4 is 11.9 Å². The summed E-state index contributed by atoms with van der Waals surface area (Å²) in [5.74, 6) is 1.85. The smallest absolute Gasteiger partial charge is 0.225 e. The lowest BCUT2D eigenvalue weighted by atomic mass is 10.2. The highest BCUT2D eigenvalue weighted by Crippen LogP contribution is 2.10. The highest BCUT2D eigenvalue weighted by Gasteiger charge is 2.21. The second kappa shape index (κ2) is 11.8. The molecule has 0 unspecified atom stereocenters. The number of nitrogens with zero attached hydrogens (tertiary/aromatic N) is 7. The van der Waals surface area contributed by atoms with Gasteiger partial charge in [0, 0.05) is 84.4 Å². The minimum Gasteiger partial charge on any atom is -0.357 e. The van der Waals surface area contributed by atoms with E-state index in [1.165, 1.54) is 5.56 Å². The van der Waals surface area contributed by atoms with Crippen molar-refractivity contribution in [2.75, 3.05) is 76.9 Å². The van der Waals surface area contributed by atoms with Gasteiger partial charge in [-0.1, -0.05) is 30.3 Å². The standard InChI is InChI=1S/C24H36N8/c1-2-25-23(31-17-19-32(20-18-31)24-26-9-6-10-27-24)28-11-12-29-13-15-30(16-14-29)21-22-7-4-3-5-8-22/h3-10H,2,11-21H2,1H3,(H,25,28). The number of aliphatic imine (C=N–C) groups is 1. The molecule has 0 atom stereocenters. The molecule has 8 heteroatoms. The first-order valence-corrected chi connectivity index (χ1v) is 11.9. The highest BCUT2D eigenvalue weighted by atomic mass is 15.4. The van der Waals surface area contributed by atoms with Gasteiger partial charge in [-0.2, -0.15) is 0 Å². The third kappa shape index (κ3) is 6.40. The van der Waals surface area contributed by atoms with Crippen LogP contribution in [0.3, 0.4) is 0 Å². The lowest BCUT2D eigenvalue weighted by molar-refractivity contribution is 0.130. The van der Waals surface area contributed by atoms with E-state index in [9.17, 15) is 0 Å². The van der Waals surface area contributed by atoms with Crippen molar-refractivity contribution in [2.24, 2.45) is 4.99 Å². The maximum atomic E-state index is 4.94. The monoisotopic (exact) mass is 436 g/mol. The van der Waals surface area contributed by atoms with Gasteiger partial charge in [-0.15, -0.1) is 0 Å². The largest absolute Gasteiger partial charge is 0.357 e. The first kappa shape index (κ1) is 22.5. The Morgan fingerprint density at radius 2 is 1.56 bits per heavy atom. The molecule has 1 N–H and O–H groups in total. The summed E-state index contributed by atoms with van der Waals surface area (Å²) < 4.78 is 0. The van der Waals surface area contributed by atoms with Gasteiger partial charge >= 0.3 is 0 Å². The molecule has 0 amide bonds. The first-order valence-electron chi connectivity index (χ1n) is 11.9. The summed E-state index contributed by atoms with van der Waals surface area (Å²) in [6.07, 6.45) is 3.61. The predicted molar refractivity (Wildman–Crippen MR) is 130 cm³/mol. The molecule has 0 radical (unpaired) electrons. The Bertz CT molecular complexity index is 812. The summed E-state index contributed by atoms with van der Waals surface area (Å²) >= 11 is 0. The number of guanidine groups is 1. The van der Waals surface area contributed by atoms with Crippen molar-refractivity contribution in [2.45, 2.75) is 13.5 Å². The van der Waals surface area contributed by atoms with Crippen LogP contribution in [-0.2, 0) is 6.54 Å². The number of hydrogen-bond donors (Lipinski definition) is 1. The molecule has 32 heavy (non-hydrogen) atoms. The topological polar surface area (TPSA) is 63.1 Å². The van der Waals surface area contributed by atoms with Crippen LogP contribution in [0.1, 0.15) is 12.5 Å². The van der Waals surface area contributed by atoms with Gasteiger partial charge in [-0.3, -0.25) is 14.8 Å². The molecule has 1 aromatic carbocycles. The normalized spacial score (nSPS) is 18.7.